The van der Waals surface area contributed by atoms with E-state index < -0.39 is 0 Å². The summed E-state index contributed by atoms with van der Waals surface area (Å²) < 4.78 is 10.8. The van der Waals surface area contributed by atoms with Gasteiger partial charge in [0.25, 0.3) is 0 Å². The van der Waals surface area contributed by atoms with E-state index >= 15 is 0 Å². The Balaban J connectivity index is 2.02. The molecule has 18 heavy (non-hydrogen) atoms. The molecule has 5 heteroatoms. The fraction of sp³-hybridized carbons (Fsp3) is 0.538. The van der Waals surface area contributed by atoms with E-state index in [1.165, 1.54) is 0 Å². The lowest BCUT2D eigenvalue weighted by molar-refractivity contribution is -0.00461. The lowest BCUT2D eigenvalue weighted by Crippen LogP contribution is -2.27. The van der Waals surface area contributed by atoms with Gasteiger partial charge in [0.15, 0.2) is 0 Å². The summed E-state index contributed by atoms with van der Waals surface area (Å²) in [5, 5.41) is 0.677. The Morgan fingerprint density at radius 1 is 1.22 bits per heavy atom. The molecule has 4 nitrogen and oxygen atoms in total. The van der Waals surface area contributed by atoms with Crippen LogP contribution in [0.15, 0.2) is 18.2 Å². The third-order valence-electron chi connectivity index (χ3n) is 3.28. The minimum Gasteiger partial charge on any atom is -0.399 e. The molecule has 0 aromatic heterocycles. The number of ether oxygens (including phenoxy) is 2. The highest BCUT2D eigenvalue weighted by Crippen LogP contribution is 2.21. The molecule has 1 aliphatic heterocycles. The molecule has 2 atom stereocenters. The molecule has 2 unspecified atom stereocenters. The van der Waals surface area contributed by atoms with Gasteiger partial charge >= 0.3 is 0 Å². The Hall–Kier alpha value is -0.810. The normalized spacial score (nSPS) is 24.6. The lowest BCUT2D eigenvalue weighted by atomic mass is 10.2. The Morgan fingerprint density at radius 2 is 1.83 bits per heavy atom. The number of nitrogens with two attached hydrogens (primary N) is 1. The molecule has 0 saturated carbocycles. The van der Waals surface area contributed by atoms with Gasteiger partial charge in [-0.1, -0.05) is 11.6 Å². The summed E-state index contributed by atoms with van der Waals surface area (Å²) in [7, 11) is 3.44. The molecule has 1 heterocycles. The van der Waals surface area contributed by atoms with E-state index in [1.807, 2.05) is 12.1 Å². The zero-order chi connectivity index (χ0) is 13.1. The molecule has 1 fully saturated rings. The van der Waals surface area contributed by atoms with Crippen LogP contribution in [0.4, 0.5) is 5.69 Å². The molecule has 0 spiro atoms. The predicted octanol–water partition coefficient (Wildman–Crippen LogP) is 1.77. The summed E-state index contributed by atoms with van der Waals surface area (Å²) in [5.74, 6) is 0. The number of benzene rings is 1. The van der Waals surface area contributed by atoms with Gasteiger partial charge in [-0.2, -0.15) is 0 Å². The molecule has 1 aromatic rings. The summed E-state index contributed by atoms with van der Waals surface area (Å²) in [4.78, 5) is 2.29. The van der Waals surface area contributed by atoms with Crippen LogP contribution in [0.1, 0.15) is 5.56 Å². The van der Waals surface area contributed by atoms with Crippen LogP contribution in [0.25, 0.3) is 0 Å². The van der Waals surface area contributed by atoms with Gasteiger partial charge in [-0.3, -0.25) is 4.90 Å². The molecule has 0 aliphatic carbocycles. The molecule has 100 valence electrons. The number of methoxy groups -OCH3 is 2. The molecule has 1 aromatic carbocycles. The maximum Gasteiger partial charge on any atom is 0.0971 e. The van der Waals surface area contributed by atoms with E-state index in [0.29, 0.717) is 10.7 Å². The Morgan fingerprint density at radius 3 is 2.33 bits per heavy atom. The van der Waals surface area contributed by atoms with Crippen molar-refractivity contribution in [1.82, 2.24) is 4.90 Å². The van der Waals surface area contributed by atoms with Gasteiger partial charge in [0.2, 0.25) is 0 Å². The first-order valence-corrected chi connectivity index (χ1v) is 6.33. The highest BCUT2D eigenvalue weighted by atomic mass is 35.5. The Kier molecular flexibility index (Phi) is 4.45. The second kappa shape index (κ2) is 5.89. The van der Waals surface area contributed by atoms with E-state index in [1.54, 1.807) is 20.3 Å². The zero-order valence-electron chi connectivity index (χ0n) is 10.7. The van der Waals surface area contributed by atoms with E-state index in [2.05, 4.69) is 4.90 Å². The topological polar surface area (TPSA) is 47.7 Å². The highest BCUT2D eigenvalue weighted by molar-refractivity contribution is 6.30. The predicted molar refractivity (Wildman–Crippen MR) is 72.7 cm³/mol. The van der Waals surface area contributed by atoms with Crippen molar-refractivity contribution in [3.63, 3.8) is 0 Å². The third kappa shape index (κ3) is 3.14. The van der Waals surface area contributed by atoms with Crippen molar-refractivity contribution >= 4 is 17.3 Å². The molecule has 2 N–H and O–H groups in total. The van der Waals surface area contributed by atoms with Crippen molar-refractivity contribution in [2.75, 3.05) is 33.0 Å². The molecule has 0 amide bonds. The van der Waals surface area contributed by atoms with E-state index in [-0.39, 0.29) is 12.2 Å². The average molecular weight is 271 g/mol. The Labute approximate surface area is 113 Å². The highest BCUT2D eigenvalue weighted by Gasteiger charge is 2.32. The number of hydrogen-bond acceptors (Lipinski definition) is 4. The summed E-state index contributed by atoms with van der Waals surface area (Å²) >= 11 is 6.00. The van der Waals surface area contributed by atoms with E-state index in [0.717, 1.165) is 25.2 Å². The minimum absolute atomic E-state index is 0.131. The number of rotatable bonds is 4. The average Bonchev–Trinajstić information content (AvgIpc) is 2.69. The van der Waals surface area contributed by atoms with Gasteiger partial charge in [-0.25, -0.2) is 0 Å². The smallest absolute Gasteiger partial charge is 0.0971 e. The largest absolute Gasteiger partial charge is 0.399 e. The van der Waals surface area contributed by atoms with Gasteiger partial charge in [0, 0.05) is 44.6 Å². The molecular weight excluding hydrogens is 252 g/mol. The maximum absolute atomic E-state index is 6.00. The quantitative estimate of drug-likeness (QED) is 0.847. The van der Waals surface area contributed by atoms with Crippen molar-refractivity contribution in [2.24, 2.45) is 0 Å². The van der Waals surface area contributed by atoms with Gasteiger partial charge < -0.3 is 15.2 Å². The second-order valence-electron chi connectivity index (χ2n) is 4.64. The summed E-state index contributed by atoms with van der Waals surface area (Å²) in [6.07, 6.45) is 0.262. The van der Waals surface area contributed by atoms with Gasteiger partial charge in [-0.05, 0) is 23.8 Å². The molecule has 0 bridgehead atoms. The van der Waals surface area contributed by atoms with Crippen molar-refractivity contribution in [3.05, 3.63) is 28.8 Å². The van der Waals surface area contributed by atoms with Crippen LogP contribution >= 0.6 is 11.6 Å². The monoisotopic (exact) mass is 270 g/mol. The lowest BCUT2D eigenvalue weighted by Gasteiger charge is -2.15. The third-order valence-corrected chi connectivity index (χ3v) is 3.50. The SMILES string of the molecule is COC1CN(Cc2cc(N)cc(Cl)c2)CC1OC. The molecule has 0 radical (unpaired) electrons. The van der Waals surface area contributed by atoms with E-state index in [9.17, 15) is 0 Å². The standard InChI is InChI=1S/C13H19ClN2O2/c1-17-12-7-16(8-13(12)18-2)6-9-3-10(14)5-11(15)4-9/h3-5,12-13H,6-8,15H2,1-2H3. The number of anilines is 1. The van der Waals surface area contributed by atoms with Crippen molar-refractivity contribution < 1.29 is 9.47 Å². The maximum atomic E-state index is 6.00. The first-order valence-electron chi connectivity index (χ1n) is 5.95. The van der Waals surface area contributed by atoms with Crippen LogP contribution in [0, 0.1) is 0 Å². The molecular formula is C13H19ClN2O2. The summed E-state index contributed by atoms with van der Waals surface area (Å²) in [6, 6.07) is 5.65. The van der Waals surface area contributed by atoms with Gasteiger partial charge in [0.1, 0.15) is 0 Å². The number of nitrogens with zero attached hydrogens (tertiary/aromatic N) is 1. The van der Waals surface area contributed by atoms with Crippen molar-refractivity contribution in [3.8, 4) is 0 Å². The molecule has 1 aliphatic rings. The fourth-order valence-corrected chi connectivity index (χ4v) is 2.69. The van der Waals surface area contributed by atoms with E-state index in [4.69, 9.17) is 26.8 Å². The van der Waals surface area contributed by atoms with Crippen molar-refractivity contribution in [1.29, 1.82) is 0 Å². The Bertz CT molecular complexity index is 382. The number of likely N-dealkylation sites (tertiary alicyclic amines) is 1. The van der Waals surface area contributed by atoms with Crippen LogP contribution in [-0.2, 0) is 16.0 Å². The first kappa shape index (κ1) is 13.6. The van der Waals surface area contributed by atoms with Crippen LogP contribution in [0.2, 0.25) is 5.02 Å². The number of hydrogen-bond donors (Lipinski definition) is 1. The zero-order valence-corrected chi connectivity index (χ0v) is 11.5. The van der Waals surface area contributed by atoms with Crippen LogP contribution in [-0.4, -0.2) is 44.4 Å². The van der Waals surface area contributed by atoms with Crippen LogP contribution in [0.5, 0.6) is 0 Å². The molecule has 1 saturated heterocycles. The minimum atomic E-state index is 0.131. The van der Waals surface area contributed by atoms with Gasteiger partial charge in [0.05, 0.1) is 12.2 Å². The van der Waals surface area contributed by atoms with Crippen LogP contribution < -0.4 is 5.73 Å². The first-order chi connectivity index (χ1) is 8.62. The molecule has 2 rings (SSSR count). The number of nitrogen functional groups attached to an aromatic ring is 1. The summed E-state index contributed by atoms with van der Waals surface area (Å²) in [6.45, 7) is 2.54. The summed E-state index contributed by atoms with van der Waals surface area (Å²) in [5.41, 5.74) is 7.60. The number of halogens is 1. The second-order valence-corrected chi connectivity index (χ2v) is 5.07. The fourth-order valence-electron chi connectivity index (χ4n) is 2.43. The van der Waals surface area contributed by atoms with Crippen LogP contribution in [0.3, 0.4) is 0 Å². The van der Waals surface area contributed by atoms with Crippen molar-refractivity contribution in [2.45, 2.75) is 18.8 Å². The van der Waals surface area contributed by atoms with Gasteiger partial charge in [-0.15, -0.1) is 0 Å².